The third-order valence-corrected chi connectivity index (χ3v) is 7.30. The molecule has 0 radical (unpaired) electrons. The van der Waals surface area contributed by atoms with Crippen LogP contribution in [0.2, 0.25) is 0 Å². The smallest absolute Gasteiger partial charge is 0.261 e. The molecule has 1 aliphatic carbocycles. The average Bonchev–Trinajstić information content (AvgIpc) is 3.29. The summed E-state index contributed by atoms with van der Waals surface area (Å²) in [5, 5.41) is 8.60. The van der Waals surface area contributed by atoms with Gasteiger partial charge in [0.05, 0.1) is 10.6 Å². The van der Waals surface area contributed by atoms with Crippen LogP contribution in [0.4, 0.5) is 0 Å². The van der Waals surface area contributed by atoms with Crippen LogP contribution < -0.4 is 5.32 Å². The lowest BCUT2D eigenvalue weighted by Crippen LogP contribution is -2.33. The van der Waals surface area contributed by atoms with Crippen molar-refractivity contribution in [3.8, 4) is 0 Å². The summed E-state index contributed by atoms with van der Waals surface area (Å²) in [6.45, 7) is 3.47. The first kappa shape index (κ1) is 20.1. The zero-order valence-electron chi connectivity index (χ0n) is 17.6. The lowest BCUT2D eigenvalue weighted by molar-refractivity contribution is 0.0955. The van der Waals surface area contributed by atoms with Gasteiger partial charge in [-0.3, -0.25) is 14.4 Å². The summed E-state index contributed by atoms with van der Waals surface area (Å²) in [5.41, 5.74) is 3.47. The Morgan fingerprint density at radius 1 is 1.24 bits per heavy atom. The van der Waals surface area contributed by atoms with Crippen molar-refractivity contribution in [3.63, 3.8) is 0 Å². The van der Waals surface area contributed by atoms with E-state index in [4.69, 9.17) is 0 Å². The van der Waals surface area contributed by atoms with Gasteiger partial charge in [-0.15, -0.1) is 11.3 Å². The second-order valence-electron chi connectivity index (χ2n) is 8.20. The summed E-state index contributed by atoms with van der Waals surface area (Å²) >= 11 is 1.50. The molecule has 1 N–H and O–H groups in total. The van der Waals surface area contributed by atoms with Gasteiger partial charge in [0.1, 0.15) is 4.83 Å². The fourth-order valence-corrected chi connectivity index (χ4v) is 5.42. The molecule has 3 aromatic rings. The minimum Gasteiger partial charge on any atom is -0.347 e. The molecule has 2 heterocycles. The molecule has 0 aliphatic heterocycles. The van der Waals surface area contributed by atoms with Crippen molar-refractivity contribution in [2.45, 2.75) is 58.2 Å². The molecule has 0 unspecified atom stereocenters. The van der Waals surface area contributed by atoms with Crippen LogP contribution >= 0.6 is 11.3 Å². The Morgan fingerprint density at radius 2 is 1.97 bits per heavy atom. The molecule has 0 saturated heterocycles. The molecular formula is C23H30N4OS. The highest BCUT2D eigenvalue weighted by Gasteiger charge is 2.19. The number of nitrogens with one attached hydrogen (secondary N) is 1. The number of thiophene rings is 1. The number of aromatic nitrogens is 2. The van der Waals surface area contributed by atoms with E-state index in [1.165, 1.54) is 54.6 Å². The molecule has 1 saturated carbocycles. The van der Waals surface area contributed by atoms with Gasteiger partial charge in [0.2, 0.25) is 0 Å². The lowest BCUT2D eigenvalue weighted by atomic mass is 9.94. The molecule has 2 aromatic heterocycles. The van der Waals surface area contributed by atoms with Gasteiger partial charge >= 0.3 is 0 Å². The summed E-state index contributed by atoms with van der Waals surface area (Å²) in [6, 6.07) is 11.1. The van der Waals surface area contributed by atoms with Crippen LogP contribution in [0, 0.1) is 6.92 Å². The van der Waals surface area contributed by atoms with Crippen molar-refractivity contribution in [2.24, 2.45) is 7.05 Å². The van der Waals surface area contributed by atoms with Crippen LogP contribution in [0.15, 0.2) is 30.3 Å². The average molecular weight is 411 g/mol. The van der Waals surface area contributed by atoms with Gasteiger partial charge < -0.3 is 5.32 Å². The van der Waals surface area contributed by atoms with E-state index < -0.39 is 0 Å². The van der Waals surface area contributed by atoms with E-state index in [-0.39, 0.29) is 5.91 Å². The summed E-state index contributed by atoms with van der Waals surface area (Å²) in [6.07, 6.45) is 6.67. The van der Waals surface area contributed by atoms with Gasteiger partial charge in [-0.1, -0.05) is 43.5 Å². The number of aryl methyl sites for hydroxylation is 2. The number of carbonyl (C=O) groups is 1. The molecule has 154 valence electrons. The number of fused-ring (bicyclic) bond motifs is 1. The summed E-state index contributed by atoms with van der Waals surface area (Å²) in [7, 11) is 4.16. The minimum atomic E-state index is -0.0129. The van der Waals surface area contributed by atoms with Gasteiger partial charge in [0.15, 0.2) is 0 Å². The second kappa shape index (κ2) is 8.67. The van der Waals surface area contributed by atoms with E-state index in [9.17, 15) is 4.79 Å². The van der Waals surface area contributed by atoms with Crippen LogP contribution in [-0.2, 0) is 20.1 Å². The topological polar surface area (TPSA) is 50.2 Å². The number of amides is 1. The molecule has 5 nitrogen and oxygen atoms in total. The number of carbonyl (C=O) groups excluding carboxylic acids is 1. The minimum absolute atomic E-state index is 0.0129. The van der Waals surface area contributed by atoms with Crippen LogP contribution in [0.1, 0.15) is 58.6 Å². The molecule has 6 heteroatoms. The van der Waals surface area contributed by atoms with Gasteiger partial charge in [-0.05, 0) is 44.0 Å². The van der Waals surface area contributed by atoms with Crippen molar-refractivity contribution < 1.29 is 4.79 Å². The molecule has 0 atom stereocenters. The van der Waals surface area contributed by atoms with E-state index in [0.717, 1.165) is 27.3 Å². The maximum absolute atomic E-state index is 12.7. The zero-order chi connectivity index (χ0) is 20.4. The number of benzene rings is 1. The monoisotopic (exact) mass is 410 g/mol. The molecule has 1 aromatic carbocycles. The first-order chi connectivity index (χ1) is 14.0. The van der Waals surface area contributed by atoms with E-state index in [1.54, 1.807) is 0 Å². The fourth-order valence-electron chi connectivity index (χ4n) is 4.38. The lowest BCUT2D eigenvalue weighted by Gasteiger charge is -2.31. The Bertz CT molecular complexity index is 965. The van der Waals surface area contributed by atoms with Gasteiger partial charge in [0, 0.05) is 31.6 Å². The number of rotatable bonds is 6. The van der Waals surface area contributed by atoms with Crippen molar-refractivity contribution in [1.82, 2.24) is 20.0 Å². The number of hydrogen-bond donors (Lipinski definition) is 1. The van der Waals surface area contributed by atoms with Crippen LogP contribution in [0.5, 0.6) is 0 Å². The largest absolute Gasteiger partial charge is 0.347 e. The van der Waals surface area contributed by atoms with Crippen LogP contribution in [0.25, 0.3) is 10.2 Å². The summed E-state index contributed by atoms with van der Waals surface area (Å²) in [5.74, 6) is -0.0129. The van der Waals surface area contributed by atoms with Crippen LogP contribution in [-0.4, -0.2) is 33.7 Å². The number of nitrogens with zero attached hydrogens (tertiary/aromatic N) is 3. The van der Waals surface area contributed by atoms with Crippen molar-refractivity contribution in [3.05, 3.63) is 52.0 Å². The SMILES string of the molecule is Cc1nn(C)c2sc(C(=O)NCc3ccccc3CN(C)C3CCCCC3)cc12. The second-order valence-corrected chi connectivity index (χ2v) is 9.23. The molecule has 1 fully saturated rings. The van der Waals surface area contributed by atoms with Crippen LogP contribution in [0.3, 0.4) is 0 Å². The predicted molar refractivity (Wildman–Crippen MR) is 119 cm³/mol. The highest BCUT2D eigenvalue weighted by molar-refractivity contribution is 7.20. The number of hydrogen-bond acceptors (Lipinski definition) is 4. The first-order valence-electron chi connectivity index (χ1n) is 10.5. The normalized spacial score (nSPS) is 15.3. The molecule has 0 bridgehead atoms. The highest BCUT2D eigenvalue weighted by atomic mass is 32.1. The van der Waals surface area contributed by atoms with E-state index in [0.29, 0.717) is 12.6 Å². The first-order valence-corrected chi connectivity index (χ1v) is 11.3. The molecule has 1 amide bonds. The third kappa shape index (κ3) is 4.38. The molecule has 4 rings (SSSR count). The predicted octanol–water partition coefficient (Wildman–Crippen LogP) is 4.64. The quantitative estimate of drug-likeness (QED) is 0.644. The maximum Gasteiger partial charge on any atom is 0.261 e. The Hall–Kier alpha value is -2.18. The van der Waals surface area contributed by atoms with Gasteiger partial charge in [0.25, 0.3) is 5.91 Å². The van der Waals surface area contributed by atoms with E-state index in [2.05, 4.69) is 46.6 Å². The van der Waals surface area contributed by atoms with E-state index in [1.807, 2.05) is 24.7 Å². The Balaban J connectivity index is 1.42. The van der Waals surface area contributed by atoms with Crippen molar-refractivity contribution in [1.29, 1.82) is 0 Å². The Kier molecular flexibility index (Phi) is 6.01. The molecule has 29 heavy (non-hydrogen) atoms. The third-order valence-electron chi connectivity index (χ3n) is 6.10. The fraction of sp³-hybridized carbons (Fsp3) is 0.478. The molecule has 1 aliphatic rings. The molecule has 0 spiro atoms. The van der Waals surface area contributed by atoms with Gasteiger partial charge in [-0.2, -0.15) is 5.10 Å². The standard InChI is InChI=1S/C23H30N4OS/c1-16-20-13-21(29-23(20)27(3)25-16)22(28)24-14-17-9-7-8-10-18(17)15-26(2)19-11-5-4-6-12-19/h7-10,13,19H,4-6,11-12,14-15H2,1-3H3,(H,24,28). The Morgan fingerprint density at radius 3 is 2.69 bits per heavy atom. The highest BCUT2D eigenvalue weighted by Crippen LogP contribution is 2.28. The Labute approximate surface area is 176 Å². The van der Waals surface area contributed by atoms with Crippen molar-refractivity contribution >= 4 is 27.5 Å². The maximum atomic E-state index is 12.7. The van der Waals surface area contributed by atoms with Gasteiger partial charge in [-0.25, -0.2) is 0 Å². The summed E-state index contributed by atoms with van der Waals surface area (Å²) < 4.78 is 1.85. The zero-order valence-corrected chi connectivity index (χ0v) is 18.4. The molecular weight excluding hydrogens is 380 g/mol. The summed E-state index contributed by atoms with van der Waals surface area (Å²) in [4.78, 5) is 17.0. The van der Waals surface area contributed by atoms with E-state index >= 15 is 0 Å². The van der Waals surface area contributed by atoms with Crippen molar-refractivity contribution in [2.75, 3.05) is 7.05 Å².